The van der Waals surface area contributed by atoms with Crippen molar-refractivity contribution in [3.8, 4) is 5.75 Å². The van der Waals surface area contributed by atoms with Gasteiger partial charge in [0.2, 0.25) is 5.91 Å². The second kappa shape index (κ2) is 14.1. The number of ether oxygens (including phenoxy) is 3. The maximum absolute atomic E-state index is 12.8. The molecule has 0 spiro atoms. The molecule has 41 heavy (non-hydrogen) atoms. The van der Waals surface area contributed by atoms with E-state index in [0.717, 1.165) is 27.8 Å². The number of nitrogens with two attached hydrogens (primary N) is 1. The summed E-state index contributed by atoms with van der Waals surface area (Å²) in [6, 6.07) is 15.2. The third-order valence-electron chi connectivity index (χ3n) is 6.49. The van der Waals surface area contributed by atoms with Gasteiger partial charge >= 0.3 is 5.97 Å². The van der Waals surface area contributed by atoms with Crippen LogP contribution in [0, 0.1) is 0 Å². The number of halogens is 1. The molecule has 0 saturated heterocycles. The second-order valence-electron chi connectivity index (χ2n) is 9.91. The summed E-state index contributed by atoms with van der Waals surface area (Å²) in [6.45, 7) is 5.32. The zero-order valence-corrected chi connectivity index (χ0v) is 24.4. The molecule has 10 nitrogen and oxygen atoms in total. The van der Waals surface area contributed by atoms with Gasteiger partial charge in [-0.2, -0.15) is 0 Å². The van der Waals surface area contributed by atoms with Gasteiger partial charge in [-0.05, 0) is 44.0 Å². The maximum Gasteiger partial charge on any atom is 0.344 e. The number of anilines is 1. The summed E-state index contributed by atoms with van der Waals surface area (Å²) in [5, 5.41) is 0.968. The van der Waals surface area contributed by atoms with Crippen LogP contribution in [-0.4, -0.2) is 70.2 Å². The summed E-state index contributed by atoms with van der Waals surface area (Å²) < 4.78 is 18.2. The van der Waals surface area contributed by atoms with Crippen LogP contribution >= 0.6 is 11.6 Å². The van der Waals surface area contributed by atoms with Crippen molar-refractivity contribution in [2.24, 2.45) is 0 Å². The van der Waals surface area contributed by atoms with Crippen LogP contribution in [0.1, 0.15) is 31.7 Å². The number of nitrogen functional groups attached to an aromatic ring is 1. The van der Waals surface area contributed by atoms with Gasteiger partial charge in [0.05, 0.1) is 23.7 Å². The van der Waals surface area contributed by atoms with E-state index in [4.69, 9.17) is 36.5 Å². The average Bonchev–Trinajstić information content (AvgIpc) is 3.33. The highest BCUT2D eigenvalue weighted by Gasteiger charge is 2.19. The number of imidazole rings is 1. The van der Waals surface area contributed by atoms with Crippen molar-refractivity contribution in [2.75, 3.05) is 38.5 Å². The number of esters is 1. The molecule has 0 saturated carbocycles. The van der Waals surface area contributed by atoms with Crippen molar-refractivity contribution in [3.05, 3.63) is 59.9 Å². The minimum absolute atomic E-state index is 0.128. The number of methoxy groups -OCH3 is 1. The predicted octanol–water partition coefficient (Wildman–Crippen LogP) is 4.34. The van der Waals surface area contributed by atoms with E-state index in [1.807, 2.05) is 42.5 Å². The van der Waals surface area contributed by atoms with Crippen molar-refractivity contribution in [1.82, 2.24) is 19.4 Å². The van der Waals surface area contributed by atoms with Crippen LogP contribution in [0.25, 0.3) is 21.9 Å². The number of hydrogen-bond acceptors (Lipinski definition) is 8. The predicted molar refractivity (Wildman–Crippen MR) is 159 cm³/mol. The first-order valence-electron chi connectivity index (χ1n) is 13.6. The smallest absolute Gasteiger partial charge is 0.344 e. The molecule has 0 aliphatic carbocycles. The molecular formula is C30H36ClN5O5. The number of para-hydroxylation sites is 1. The van der Waals surface area contributed by atoms with Crippen LogP contribution < -0.4 is 10.5 Å². The maximum atomic E-state index is 12.8. The van der Waals surface area contributed by atoms with Gasteiger partial charge < -0.3 is 29.4 Å². The molecule has 0 radical (unpaired) electrons. The van der Waals surface area contributed by atoms with E-state index in [9.17, 15) is 9.59 Å². The summed E-state index contributed by atoms with van der Waals surface area (Å²) in [7, 11) is 1.66. The van der Waals surface area contributed by atoms with Gasteiger partial charge in [-0.1, -0.05) is 30.3 Å². The zero-order valence-electron chi connectivity index (χ0n) is 23.6. The summed E-state index contributed by atoms with van der Waals surface area (Å²) >= 11 is 5.97. The van der Waals surface area contributed by atoms with E-state index in [0.29, 0.717) is 56.2 Å². The first-order valence-corrected chi connectivity index (χ1v) is 14.1. The Morgan fingerprint density at radius 3 is 2.68 bits per heavy atom. The fourth-order valence-corrected chi connectivity index (χ4v) is 4.89. The average molecular weight is 582 g/mol. The number of benzene rings is 2. The molecule has 0 atom stereocenters. The second-order valence-corrected chi connectivity index (χ2v) is 10.2. The molecule has 1 amide bonds. The first kappa shape index (κ1) is 30.1. The van der Waals surface area contributed by atoms with E-state index < -0.39 is 5.97 Å². The Balaban J connectivity index is 1.51. The lowest BCUT2D eigenvalue weighted by Crippen LogP contribution is -2.33. The molecule has 0 fully saturated rings. The van der Waals surface area contributed by atoms with E-state index in [1.54, 1.807) is 31.9 Å². The third kappa shape index (κ3) is 7.65. The standard InChI is InChI=1S/C30H36ClN5O5/c1-20(2)41-27(38)19-40-22-9-6-8-21(16-22)18-35(26(37)17-31)13-7-14-36-25(12-15-39-3)34-28-29(36)23-10-4-5-11-24(23)33-30(28)32/h4-6,8-11,16,20H,7,12-15,17-19H2,1-3H3,(H2,32,33). The van der Waals surface area contributed by atoms with E-state index in [1.165, 1.54) is 0 Å². The van der Waals surface area contributed by atoms with Crippen molar-refractivity contribution in [3.63, 3.8) is 0 Å². The molecule has 2 N–H and O–H groups in total. The van der Waals surface area contributed by atoms with Crippen LogP contribution in [0.5, 0.6) is 5.75 Å². The summed E-state index contributed by atoms with van der Waals surface area (Å²) in [4.78, 5) is 35.7. The number of hydrogen-bond donors (Lipinski definition) is 1. The Morgan fingerprint density at radius 1 is 1.12 bits per heavy atom. The first-order chi connectivity index (χ1) is 19.8. The van der Waals surface area contributed by atoms with Crippen LogP contribution in [0.15, 0.2) is 48.5 Å². The van der Waals surface area contributed by atoms with Crippen molar-refractivity contribution < 1.29 is 23.8 Å². The molecule has 4 aromatic rings. The van der Waals surface area contributed by atoms with Crippen molar-refractivity contribution in [1.29, 1.82) is 0 Å². The number of pyridine rings is 1. The molecule has 2 heterocycles. The lowest BCUT2D eigenvalue weighted by Gasteiger charge is -2.23. The van der Waals surface area contributed by atoms with Crippen molar-refractivity contribution >= 4 is 51.2 Å². The van der Waals surface area contributed by atoms with Crippen LogP contribution in [0.3, 0.4) is 0 Å². The largest absolute Gasteiger partial charge is 0.482 e. The Morgan fingerprint density at radius 2 is 1.93 bits per heavy atom. The quantitative estimate of drug-likeness (QED) is 0.172. The molecule has 11 heteroatoms. The lowest BCUT2D eigenvalue weighted by molar-refractivity contribution is -0.149. The Hall–Kier alpha value is -3.89. The molecular weight excluding hydrogens is 546 g/mol. The third-order valence-corrected chi connectivity index (χ3v) is 6.72. The number of aryl methyl sites for hydroxylation is 1. The Kier molecular flexibility index (Phi) is 10.4. The van der Waals surface area contributed by atoms with Crippen LogP contribution in [0.2, 0.25) is 0 Å². The molecule has 2 aromatic heterocycles. The Bertz CT molecular complexity index is 1510. The topological polar surface area (TPSA) is 122 Å². The number of carbonyl (C=O) groups excluding carboxylic acids is 2. The number of carbonyl (C=O) groups is 2. The Labute approximate surface area is 244 Å². The number of fused-ring (bicyclic) bond motifs is 3. The molecule has 0 aliphatic heterocycles. The zero-order chi connectivity index (χ0) is 29.4. The molecule has 218 valence electrons. The fourth-order valence-electron chi connectivity index (χ4n) is 4.72. The van der Waals surface area contributed by atoms with Crippen LogP contribution in [-0.2, 0) is 38.6 Å². The normalized spacial score (nSPS) is 11.3. The summed E-state index contributed by atoms with van der Waals surface area (Å²) in [5.74, 6) is 1.01. The number of alkyl halides is 1. The minimum Gasteiger partial charge on any atom is -0.482 e. The van der Waals surface area contributed by atoms with Gasteiger partial charge in [0, 0.05) is 38.6 Å². The van der Waals surface area contributed by atoms with Crippen molar-refractivity contribution in [2.45, 2.75) is 45.9 Å². The number of amides is 1. The monoisotopic (exact) mass is 581 g/mol. The van der Waals surface area contributed by atoms with Gasteiger partial charge in [0.15, 0.2) is 12.4 Å². The van der Waals surface area contributed by atoms with Gasteiger partial charge in [-0.3, -0.25) is 4.79 Å². The fraction of sp³-hybridized carbons (Fsp3) is 0.400. The molecule has 0 bridgehead atoms. The summed E-state index contributed by atoms with van der Waals surface area (Å²) in [5.41, 5.74) is 9.55. The van der Waals surface area contributed by atoms with Gasteiger partial charge in [0.25, 0.3) is 0 Å². The highest BCUT2D eigenvalue weighted by Crippen LogP contribution is 2.29. The van der Waals surface area contributed by atoms with E-state index in [-0.39, 0.29) is 24.5 Å². The van der Waals surface area contributed by atoms with Gasteiger partial charge in [-0.15, -0.1) is 11.6 Å². The number of rotatable bonds is 14. The van der Waals surface area contributed by atoms with Gasteiger partial charge in [0.1, 0.15) is 23.0 Å². The van der Waals surface area contributed by atoms with E-state index in [2.05, 4.69) is 9.55 Å². The molecule has 0 aliphatic rings. The highest BCUT2D eigenvalue weighted by molar-refractivity contribution is 6.27. The van der Waals surface area contributed by atoms with Gasteiger partial charge in [-0.25, -0.2) is 14.8 Å². The molecule has 0 unspecified atom stereocenters. The summed E-state index contributed by atoms with van der Waals surface area (Å²) in [6.07, 6.45) is 1.06. The molecule has 2 aromatic carbocycles. The SMILES string of the molecule is COCCc1nc2c(N)nc3ccccc3c2n1CCCN(Cc1cccc(OCC(=O)OC(C)C)c1)C(=O)CCl. The lowest BCUT2D eigenvalue weighted by atomic mass is 10.1. The number of nitrogens with zero attached hydrogens (tertiary/aromatic N) is 4. The highest BCUT2D eigenvalue weighted by atomic mass is 35.5. The van der Waals surface area contributed by atoms with Crippen LogP contribution in [0.4, 0.5) is 5.82 Å². The number of aromatic nitrogens is 3. The molecule has 4 rings (SSSR count). The minimum atomic E-state index is -0.438. The van der Waals surface area contributed by atoms with E-state index >= 15 is 0 Å².